The van der Waals surface area contributed by atoms with Crippen molar-refractivity contribution in [3.05, 3.63) is 28.2 Å². The maximum Gasteiger partial charge on any atom is 0.337 e. The van der Waals surface area contributed by atoms with Gasteiger partial charge in [-0.3, -0.25) is 0 Å². The number of rotatable bonds is 6. The van der Waals surface area contributed by atoms with Gasteiger partial charge < -0.3 is 14.7 Å². The molecule has 0 saturated heterocycles. The number of benzene rings is 1. The molecular formula is C13H18BrNO3. The lowest BCUT2D eigenvalue weighted by molar-refractivity contribution is 0.0696. The van der Waals surface area contributed by atoms with Crippen LogP contribution in [0.3, 0.4) is 0 Å². The van der Waals surface area contributed by atoms with Crippen molar-refractivity contribution in [2.75, 3.05) is 25.1 Å². The van der Waals surface area contributed by atoms with Gasteiger partial charge in [0.15, 0.2) is 0 Å². The number of carbonyl (C=O) groups is 1. The lowest BCUT2D eigenvalue weighted by Gasteiger charge is -2.22. The number of anilines is 1. The lowest BCUT2D eigenvalue weighted by atomic mass is 10.1. The first-order valence-corrected chi connectivity index (χ1v) is 6.56. The highest BCUT2D eigenvalue weighted by atomic mass is 79.9. The van der Waals surface area contributed by atoms with Crippen molar-refractivity contribution < 1.29 is 14.6 Å². The van der Waals surface area contributed by atoms with Crippen LogP contribution in [0.4, 0.5) is 5.69 Å². The number of hydrogen-bond acceptors (Lipinski definition) is 3. The van der Waals surface area contributed by atoms with E-state index in [-0.39, 0.29) is 11.7 Å². The molecule has 0 spiro atoms. The van der Waals surface area contributed by atoms with Crippen LogP contribution >= 0.6 is 15.9 Å². The largest absolute Gasteiger partial charge is 0.478 e. The Labute approximate surface area is 116 Å². The first kappa shape index (κ1) is 15.0. The van der Waals surface area contributed by atoms with Gasteiger partial charge in [0, 0.05) is 18.1 Å². The Balaban J connectivity index is 2.78. The number of halogens is 1. The molecule has 5 heteroatoms. The molecule has 0 aliphatic heterocycles. The van der Waals surface area contributed by atoms with Gasteiger partial charge in [0.25, 0.3) is 0 Å². The summed E-state index contributed by atoms with van der Waals surface area (Å²) in [7, 11) is 1.86. The Hall–Kier alpha value is -1.07. The standard InChI is InChI=1S/C13H18BrNO3/c1-9(2)18-7-6-15(3)12-5-4-10(14)8-11(12)13(16)17/h4-5,8-9H,6-7H2,1-3H3,(H,16,17). The third-order valence-electron chi connectivity index (χ3n) is 2.48. The first-order valence-electron chi connectivity index (χ1n) is 5.77. The van der Waals surface area contributed by atoms with Crippen LogP contribution in [0.25, 0.3) is 0 Å². The zero-order valence-electron chi connectivity index (χ0n) is 10.8. The molecule has 0 bridgehead atoms. The highest BCUT2D eigenvalue weighted by Gasteiger charge is 2.13. The van der Waals surface area contributed by atoms with Crippen LogP contribution in [0, 0.1) is 0 Å². The summed E-state index contributed by atoms with van der Waals surface area (Å²) in [5.41, 5.74) is 0.981. The Kier molecular flexibility index (Phi) is 5.62. The van der Waals surface area contributed by atoms with E-state index in [2.05, 4.69) is 15.9 Å². The van der Waals surface area contributed by atoms with Crippen LogP contribution in [0.5, 0.6) is 0 Å². The second kappa shape index (κ2) is 6.75. The van der Waals surface area contributed by atoms with Crippen molar-refractivity contribution in [3.63, 3.8) is 0 Å². The molecule has 0 unspecified atom stereocenters. The molecule has 1 aromatic rings. The van der Waals surface area contributed by atoms with E-state index >= 15 is 0 Å². The average Bonchev–Trinajstić information content (AvgIpc) is 2.28. The van der Waals surface area contributed by atoms with Gasteiger partial charge in [-0.25, -0.2) is 4.79 Å². The van der Waals surface area contributed by atoms with E-state index in [1.165, 1.54) is 0 Å². The second-order valence-corrected chi connectivity index (χ2v) is 5.22. The van der Waals surface area contributed by atoms with Gasteiger partial charge in [-0.2, -0.15) is 0 Å². The molecule has 18 heavy (non-hydrogen) atoms. The molecule has 0 aromatic heterocycles. The second-order valence-electron chi connectivity index (χ2n) is 4.31. The van der Waals surface area contributed by atoms with Gasteiger partial charge in [-0.1, -0.05) is 15.9 Å². The normalized spacial score (nSPS) is 10.7. The maximum atomic E-state index is 11.2. The molecule has 0 heterocycles. The minimum atomic E-state index is -0.928. The Morgan fingerprint density at radius 2 is 2.17 bits per heavy atom. The number of likely N-dealkylation sites (N-methyl/N-ethyl adjacent to an activating group) is 1. The fourth-order valence-electron chi connectivity index (χ4n) is 1.56. The quantitative estimate of drug-likeness (QED) is 0.876. The monoisotopic (exact) mass is 315 g/mol. The summed E-state index contributed by atoms with van der Waals surface area (Å²) in [6, 6.07) is 5.24. The summed E-state index contributed by atoms with van der Waals surface area (Å²) in [6.07, 6.45) is 0.183. The predicted molar refractivity (Wildman–Crippen MR) is 75.5 cm³/mol. The third-order valence-corrected chi connectivity index (χ3v) is 2.97. The van der Waals surface area contributed by atoms with E-state index in [0.717, 1.165) is 4.47 Å². The van der Waals surface area contributed by atoms with Crippen LogP contribution in [0.2, 0.25) is 0 Å². The average molecular weight is 316 g/mol. The van der Waals surface area contributed by atoms with Crippen LogP contribution in [0.1, 0.15) is 24.2 Å². The van der Waals surface area contributed by atoms with Crippen molar-refractivity contribution in [1.29, 1.82) is 0 Å². The van der Waals surface area contributed by atoms with E-state index in [1.807, 2.05) is 31.9 Å². The molecule has 1 N–H and O–H groups in total. The molecule has 0 atom stereocenters. The summed E-state index contributed by atoms with van der Waals surface area (Å²) in [5.74, 6) is -0.928. The van der Waals surface area contributed by atoms with E-state index in [1.54, 1.807) is 12.1 Å². The van der Waals surface area contributed by atoms with Crippen LogP contribution in [-0.2, 0) is 4.74 Å². The number of ether oxygens (including phenoxy) is 1. The highest BCUT2D eigenvalue weighted by molar-refractivity contribution is 9.10. The topological polar surface area (TPSA) is 49.8 Å². The van der Waals surface area contributed by atoms with E-state index in [0.29, 0.717) is 18.8 Å². The Morgan fingerprint density at radius 1 is 1.50 bits per heavy atom. The number of carboxylic acids is 1. The lowest BCUT2D eigenvalue weighted by Crippen LogP contribution is -2.25. The number of carboxylic acid groups (broad SMARTS) is 1. The van der Waals surface area contributed by atoms with Gasteiger partial charge in [-0.05, 0) is 32.0 Å². The number of hydrogen-bond donors (Lipinski definition) is 1. The van der Waals surface area contributed by atoms with Crippen molar-refractivity contribution in [2.45, 2.75) is 20.0 Å². The van der Waals surface area contributed by atoms with Gasteiger partial charge in [0.1, 0.15) is 0 Å². The van der Waals surface area contributed by atoms with Crippen LogP contribution in [-0.4, -0.2) is 37.4 Å². The fourth-order valence-corrected chi connectivity index (χ4v) is 1.92. The number of nitrogens with zero attached hydrogens (tertiary/aromatic N) is 1. The van der Waals surface area contributed by atoms with Crippen molar-refractivity contribution in [3.8, 4) is 0 Å². The zero-order chi connectivity index (χ0) is 13.7. The van der Waals surface area contributed by atoms with Crippen molar-refractivity contribution in [1.82, 2.24) is 0 Å². The van der Waals surface area contributed by atoms with Gasteiger partial charge >= 0.3 is 5.97 Å². The van der Waals surface area contributed by atoms with Gasteiger partial charge in [-0.15, -0.1) is 0 Å². The maximum absolute atomic E-state index is 11.2. The van der Waals surface area contributed by atoms with Crippen molar-refractivity contribution >= 4 is 27.6 Å². The molecule has 0 amide bonds. The summed E-state index contributed by atoms with van der Waals surface area (Å²) in [5, 5.41) is 9.17. The van der Waals surface area contributed by atoms with E-state index in [9.17, 15) is 9.90 Å². The molecule has 0 aliphatic carbocycles. The van der Waals surface area contributed by atoms with Gasteiger partial charge in [0.2, 0.25) is 0 Å². The van der Waals surface area contributed by atoms with E-state index in [4.69, 9.17) is 4.74 Å². The highest BCUT2D eigenvalue weighted by Crippen LogP contribution is 2.23. The third kappa shape index (κ3) is 4.31. The minimum absolute atomic E-state index is 0.183. The molecular weight excluding hydrogens is 298 g/mol. The van der Waals surface area contributed by atoms with Crippen molar-refractivity contribution in [2.24, 2.45) is 0 Å². The minimum Gasteiger partial charge on any atom is -0.478 e. The van der Waals surface area contributed by atoms with Crippen LogP contribution in [0.15, 0.2) is 22.7 Å². The molecule has 0 radical (unpaired) electrons. The molecule has 0 fully saturated rings. The van der Waals surface area contributed by atoms with Crippen LogP contribution < -0.4 is 4.90 Å². The summed E-state index contributed by atoms with van der Waals surface area (Å²) < 4.78 is 6.22. The zero-order valence-corrected chi connectivity index (χ0v) is 12.4. The SMILES string of the molecule is CC(C)OCCN(C)c1ccc(Br)cc1C(=O)O. The molecule has 0 aliphatic rings. The molecule has 0 saturated carbocycles. The summed E-state index contributed by atoms with van der Waals surface area (Å²) in [6.45, 7) is 5.17. The molecule has 100 valence electrons. The summed E-state index contributed by atoms with van der Waals surface area (Å²) >= 11 is 3.28. The fraction of sp³-hybridized carbons (Fsp3) is 0.462. The Morgan fingerprint density at radius 3 is 2.72 bits per heavy atom. The predicted octanol–water partition coefficient (Wildman–Crippen LogP) is 3.01. The first-order chi connectivity index (χ1) is 8.41. The van der Waals surface area contributed by atoms with E-state index < -0.39 is 5.97 Å². The number of aromatic carboxylic acids is 1. The molecule has 1 aromatic carbocycles. The Bertz CT molecular complexity index is 421. The smallest absolute Gasteiger partial charge is 0.337 e. The summed E-state index contributed by atoms with van der Waals surface area (Å²) in [4.78, 5) is 13.1. The molecule has 4 nitrogen and oxygen atoms in total. The molecule has 1 rings (SSSR count). The van der Waals surface area contributed by atoms with Gasteiger partial charge in [0.05, 0.1) is 24.0 Å².